The van der Waals surface area contributed by atoms with Gasteiger partial charge in [-0.25, -0.2) is 0 Å². The van der Waals surface area contributed by atoms with Gasteiger partial charge in [-0.05, 0) is 19.3 Å². The minimum absolute atomic E-state index is 0.340. The van der Waals surface area contributed by atoms with Crippen molar-refractivity contribution >= 4 is 12.2 Å². The minimum atomic E-state index is -0.764. The van der Waals surface area contributed by atoms with E-state index in [1.165, 1.54) is 0 Å². The summed E-state index contributed by atoms with van der Waals surface area (Å²) in [6.07, 6.45) is 1.34. The Labute approximate surface area is 90.6 Å². The van der Waals surface area contributed by atoms with Crippen molar-refractivity contribution in [3.63, 3.8) is 0 Å². The highest BCUT2D eigenvalue weighted by Crippen LogP contribution is 2.03. The fourth-order valence-corrected chi connectivity index (χ4v) is 1.17. The Morgan fingerprint density at radius 1 is 1.33 bits per heavy atom. The predicted octanol–water partition coefficient (Wildman–Crippen LogP) is -0.609. The second-order valence-electron chi connectivity index (χ2n) is 4.27. The van der Waals surface area contributed by atoms with Crippen LogP contribution in [0, 0.1) is 5.92 Å². The second-order valence-corrected chi connectivity index (χ2v) is 4.27. The third kappa shape index (κ3) is 5.49. The van der Waals surface area contributed by atoms with Gasteiger partial charge in [-0.2, -0.15) is 0 Å². The largest absolute Gasteiger partial charge is 0.345 e. The van der Waals surface area contributed by atoms with Crippen molar-refractivity contribution in [2.75, 3.05) is 0 Å². The summed E-state index contributed by atoms with van der Waals surface area (Å²) in [4.78, 5) is 22.1. The quantitative estimate of drug-likeness (QED) is 0.515. The highest BCUT2D eigenvalue weighted by atomic mass is 16.2. The van der Waals surface area contributed by atoms with E-state index in [2.05, 4.69) is 5.32 Å². The Morgan fingerprint density at radius 3 is 2.20 bits per heavy atom. The molecule has 15 heavy (non-hydrogen) atoms. The van der Waals surface area contributed by atoms with Crippen molar-refractivity contribution < 1.29 is 9.59 Å². The SMILES string of the molecule is CC(C)C[C@@H](C=O)NC(=O)[C@@H](N)[C@H](C)N. The molecule has 0 spiro atoms. The summed E-state index contributed by atoms with van der Waals surface area (Å²) in [6, 6.07) is -1.65. The van der Waals surface area contributed by atoms with Gasteiger partial charge in [0.05, 0.1) is 12.1 Å². The van der Waals surface area contributed by atoms with Gasteiger partial charge in [-0.1, -0.05) is 13.8 Å². The standard InChI is InChI=1S/C10H21N3O2/c1-6(2)4-8(5-14)13-10(15)9(12)7(3)11/h5-9H,4,11-12H2,1-3H3,(H,13,15)/t7-,8-,9-/m0/s1. The first kappa shape index (κ1) is 14.1. The molecular weight excluding hydrogens is 194 g/mol. The first-order valence-electron chi connectivity index (χ1n) is 5.15. The minimum Gasteiger partial charge on any atom is -0.345 e. The van der Waals surface area contributed by atoms with E-state index in [4.69, 9.17) is 11.5 Å². The molecule has 0 aromatic carbocycles. The maximum absolute atomic E-state index is 11.5. The lowest BCUT2D eigenvalue weighted by Crippen LogP contribution is -2.53. The number of rotatable bonds is 6. The monoisotopic (exact) mass is 215 g/mol. The molecule has 0 aromatic heterocycles. The van der Waals surface area contributed by atoms with Crippen molar-refractivity contribution in [3.8, 4) is 0 Å². The fourth-order valence-electron chi connectivity index (χ4n) is 1.17. The van der Waals surface area contributed by atoms with Crippen LogP contribution in [0.1, 0.15) is 27.2 Å². The highest BCUT2D eigenvalue weighted by Gasteiger charge is 2.20. The maximum Gasteiger partial charge on any atom is 0.239 e. The van der Waals surface area contributed by atoms with Crippen molar-refractivity contribution in [2.24, 2.45) is 17.4 Å². The van der Waals surface area contributed by atoms with Crippen molar-refractivity contribution in [3.05, 3.63) is 0 Å². The Kier molecular flexibility index (Phi) is 6.12. The number of aldehydes is 1. The van der Waals surface area contributed by atoms with E-state index >= 15 is 0 Å². The molecule has 0 rings (SSSR count). The van der Waals surface area contributed by atoms with Gasteiger partial charge < -0.3 is 21.6 Å². The van der Waals surface area contributed by atoms with Crippen molar-refractivity contribution in [1.82, 2.24) is 5.32 Å². The molecule has 0 aliphatic rings. The van der Waals surface area contributed by atoms with Gasteiger partial charge in [0.2, 0.25) is 5.91 Å². The number of nitrogens with two attached hydrogens (primary N) is 2. The molecule has 0 aliphatic carbocycles. The summed E-state index contributed by atoms with van der Waals surface area (Å²) in [5.74, 6) is -0.0326. The van der Waals surface area contributed by atoms with Gasteiger partial charge in [0.15, 0.2) is 0 Å². The molecule has 3 atom stereocenters. The van der Waals surface area contributed by atoms with E-state index in [1.807, 2.05) is 13.8 Å². The van der Waals surface area contributed by atoms with E-state index in [0.717, 1.165) is 6.29 Å². The number of hydrogen-bond donors (Lipinski definition) is 3. The van der Waals surface area contributed by atoms with Crippen LogP contribution in [0.4, 0.5) is 0 Å². The molecule has 88 valence electrons. The predicted molar refractivity (Wildman–Crippen MR) is 59.1 cm³/mol. The number of nitrogens with one attached hydrogen (secondary N) is 1. The average Bonchev–Trinajstić information content (AvgIpc) is 2.14. The van der Waals surface area contributed by atoms with Crippen LogP contribution in [0.25, 0.3) is 0 Å². The fraction of sp³-hybridized carbons (Fsp3) is 0.800. The molecule has 0 aromatic rings. The molecule has 5 heteroatoms. The van der Waals surface area contributed by atoms with Crippen LogP contribution in [-0.4, -0.2) is 30.3 Å². The Balaban J connectivity index is 4.18. The average molecular weight is 215 g/mol. The van der Waals surface area contributed by atoms with Crippen LogP contribution in [0.3, 0.4) is 0 Å². The molecule has 0 radical (unpaired) electrons. The normalized spacial score (nSPS) is 16.9. The van der Waals surface area contributed by atoms with Crippen LogP contribution < -0.4 is 16.8 Å². The maximum atomic E-state index is 11.5. The first-order chi connectivity index (χ1) is 6.88. The Morgan fingerprint density at radius 2 is 1.87 bits per heavy atom. The van der Waals surface area contributed by atoms with Gasteiger partial charge in [0.25, 0.3) is 0 Å². The van der Waals surface area contributed by atoms with Crippen molar-refractivity contribution in [1.29, 1.82) is 0 Å². The molecule has 0 aliphatic heterocycles. The van der Waals surface area contributed by atoms with Gasteiger partial charge >= 0.3 is 0 Å². The zero-order valence-electron chi connectivity index (χ0n) is 9.57. The van der Waals surface area contributed by atoms with Gasteiger partial charge in [-0.3, -0.25) is 4.79 Å². The molecule has 0 bridgehead atoms. The molecule has 5 nitrogen and oxygen atoms in total. The zero-order valence-corrected chi connectivity index (χ0v) is 9.57. The number of carbonyl (C=O) groups is 2. The van der Waals surface area contributed by atoms with Crippen LogP contribution in [0.15, 0.2) is 0 Å². The van der Waals surface area contributed by atoms with Gasteiger partial charge in [0, 0.05) is 6.04 Å². The van der Waals surface area contributed by atoms with E-state index in [9.17, 15) is 9.59 Å². The van der Waals surface area contributed by atoms with Crippen LogP contribution in [0.2, 0.25) is 0 Å². The summed E-state index contributed by atoms with van der Waals surface area (Å²) in [6.45, 7) is 5.62. The van der Waals surface area contributed by atoms with E-state index in [-0.39, 0.29) is 5.91 Å². The summed E-state index contributed by atoms with van der Waals surface area (Å²) in [7, 11) is 0. The Hall–Kier alpha value is -0.940. The van der Waals surface area contributed by atoms with Crippen LogP contribution in [0.5, 0.6) is 0 Å². The first-order valence-corrected chi connectivity index (χ1v) is 5.15. The smallest absolute Gasteiger partial charge is 0.239 e. The summed E-state index contributed by atoms with van der Waals surface area (Å²) >= 11 is 0. The summed E-state index contributed by atoms with van der Waals surface area (Å²) in [5.41, 5.74) is 11.0. The third-order valence-corrected chi connectivity index (χ3v) is 2.09. The lowest BCUT2D eigenvalue weighted by Gasteiger charge is -2.19. The Bertz CT molecular complexity index is 217. The third-order valence-electron chi connectivity index (χ3n) is 2.09. The lowest BCUT2D eigenvalue weighted by atomic mass is 10.0. The second kappa shape index (κ2) is 6.53. The summed E-state index contributed by atoms with van der Waals surface area (Å²) < 4.78 is 0. The molecule has 5 N–H and O–H groups in total. The molecular formula is C10H21N3O2. The molecule has 0 unspecified atom stereocenters. The van der Waals surface area contributed by atoms with E-state index in [1.54, 1.807) is 6.92 Å². The van der Waals surface area contributed by atoms with Gasteiger partial charge in [-0.15, -0.1) is 0 Å². The molecule has 0 fully saturated rings. The van der Waals surface area contributed by atoms with E-state index < -0.39 is 18.1 Å². The molecule has 1 amide bonds. The van der Waals surface area contributed by atoms with Crippen molar-refractivity contribution in [2.45, 2.75) is 45.3 Å². The summed E-state index contributed by atoms with van der Waals surface area (Å²) in [5, 5.41) is 2.57. The highest BCUT2D eigenvalue weighted by molar-refractivity contribution is 5.84. The van der Waals surface area contributed by atoms with Crippen LogP contribution in [-0.2, 0) is 9.59 Å². The number of amides is 1. The lowest BCUT2D eigenvalue weighted by molar-refractivity contribution is -0.125. The van der Waals surface area contributed by atoms with E-state index in [0.29, 0.717) is 12.3 Å². The molecule has 0 heterocycles. The van der Waals surface area contributed by atoms with Gasteiger partial charge in [0.1, 0.15) is 6.29 Å². The zero-order chi connectivity index (χ0) is 12.0. The van der Waals surface area contributed by atoms with Crippen LogP contribution >= 0.6 is 0 Å². The topological polar surface area (TPSA) is 98.2 Å². The number of hydrogen-bond acceptors (Lipinski definition) is 4. The number of carbonyl (C=O) groups excluding carboxylic acids is 2. The molecule has 0 saturated carbocycles. The molecule has 0 saturated heterocycles.